The fourth-order valence-corrected chi connectivity index (χ4v) is 2.45. The second-order valence-electron chi connectivity index (χ2n) is 6.06. The van der Waals surface area contributed by atoms with E-state index >= 15 is 0 Å². The van der Waals surface area contributed by atoms with Crippen LogP contribution in [0.15, 0.2) is 42.5 Å². The summed E-state index contributed by atoms with van der Waals surface area (Å²) in [4.78, 5) is 12.4. The molecular weight excluding hydrogens is 314 g/mol. The number of nitrogens with one attached hydrogen (secondary N) is 1. The summed E-state index contributed by atoms with van der Waals surface area (Å²) in [5.74, 6) is 1.46. The highest BCUT2D eigenvalue weighted by atomic mass is 16.5. The van der Waals surface area contributed by atoms with Gasteiger partial charge >= 0.3 is 0 Å². The Morgan fingerprint density at radius 1 is 1.00 bits per heavy atom. The lowest BCUT2D eigenvalue weighted by Crippen LogP contribution is -2.37. The number of hydrogen-bond donors (Lipinski definition) is 1. The second-order valence-corrected chi connectivity index (χ2v) is 6.06. The summed E-state index contributed by atoms with van der Waals surface area (Å²) in [6.45, 7) is 9.11. The SMILES string of the molecule is CCOc1ccc(CNC(=O)C(CC)Oc2ccc(C)c(C)c2)cc1. The van der Waals surface area contributed by atoms with Gasteiger partial charge in [0.15, 0.2) is 6.10 Å². The van der Waals surface area contributed by atoms with Crippen molar-refractivity contribution in [2.45, 2.75) is 46.8 Å². The maximum atomic E-state index is 12.4. The van der Waals surface area contributed by atoms with E-state index in [1.165, 1.54) is 5.56 Å². The third-order valence-corrected chi connectivity index (χ3v) is 4.12. The van der Waals surface area contributed by atoms with Crippen LogP contribution < -0.4 is 14.8 Å². The maximum Gasteiger partial charge on any atom is 0.261 e. The van der Waals surface area contributed by atoms with Crippen molar-refractivity contribution in [2.24, 2.45) is 0 Å². The molecule has 1 N–H and O–H groups in total. The van der Waals surface area contributed by atoms with E-state index in [4.69, 9.17) is 9.47 Å². The normalized spacial score (nSPS) is 11.7. The number of hydrogen-bond acceptors (Lipinski definition) is 3. The summed E-state index contributed by atoms with van der Waals surface area (Å²) in [6, 6.07) is 13.6. The molecule has 2 rings (SSSR count). The number of carbonyl (C=O) groups excluding carboxylic acids is 1. The van der Waals surface area contributed by atoms with Crippen molar-refractivity contribution in [3.8, 4) is 11.5 Å². The Morgan fingerprint density at radius 2 is 1.68 bits per heavy atom. The highest BCUT2D eigenvalue weighted by Crippen LogP contribution is 2.19. The Hall–Kier alpha value is -2.49. The van der Waals surface area contributed by atoms with E-state index in [1.807, 2.05) is 63.2 Å². The van der Waals surface area contributed by atoms with E-state index in [2.05, 4.69) is 12.2 Å². The van der Waals surface area contributed by atoms with Crippen molar-refractivity contribution in [1.82, 2.24) is 5.32 Å². The summed E-state index contributed by atoms with van der Waals surface area (Å²) in [7, 11) is 0. The number of benzene rings is 2. The minimum absolute atomic E-state index is 0.102. The molecule has 0 bridgehead atoms. The quantitative estimate of drug-likeness (QED) is 0.784. The van der Waals surface area contributed by atoms with Crippen molar-refractivity contribution >= 4 is 5.91 Å². The second kappa shape index (κ2) is 9.11. The average molecular weight is 341 g/mol. The number of rotatable bonds is 8. The van der Waals surface area contributed by atoms with Crippen LogP contribution in [0, 0.1) is 13.8 Å². The number of carbonyl (C=O) groups is 1. The molecule has 1 atom stereocenters. The molecule has 0 radical (unpaired) electrons. The first kappa shape index (κ1) is 18.8. The molecule has 4 nitrogen and oxygen atoms in total. The van der Waals surface area contributed by atoms with E-state index in [-0.39, 0.29) is 5.91 Å². The lowest BCUT2D eigenvalue weighted by molar-refractivity contribution is -0.128. The van der Waals surface area contributed by atoms with Gasteiger partial charge in [-0.05, 0) is 68.1 Å². The third kappa shape index (κ3) is 5.52. The third-order valence-electron chi connectivity index (χ3n) is 4.12. The Kier molecular flexibility index (Phi) is 6.87. The molecule has 0 heterocycles. The fourth-order valence-electron chi connectivity index (χ4n) is 2.45. The van der Waals surface area contributed by atoms with Gasteiger partial charge in [0, 0.05) is 6.54 Å². The molecule has 0 fully saturated rings. The van der Waals surface area contributed by atoms with E-state index < -0.39 is 6.10 Å². The summed E-state index contributed by atoms with van der Waals surface area (Å²) in [6.07, 6.45) is 0.118. The zero-order valence-corrected chi connectivity index (χ0v) is 15.5. The predicted octanol–water partition coefficient (Wildman–Crippen LogP) is 4.18. The van der Waals surface area contributed by atoms with E-state index in [0.29, 0.717) is 19.6 Å². The molecule has 134 valence electrons. The van der Waals surface area contributed by atoms with Crippen LogP contribution in [0.1, 0.15) is 37.0 Å². The Labute approximate surface area is 150 Å². The van der Waals surface area contributed by atoms with Crippen LogP contribution in [0.2, 0.25) is 0 Å². The zero-order valence-electron chi connectivity index (χ0n) is 15.5. The van der Waals surface area contributed by atoms with Crippen LogP contribution >= 0.6 is 0 Å². The lowest BCUT2D eigenvalue weighted by Gasteiger charge is -2.18. The van der Waals surface area contributed by atoms with Gasteiger partial charge in [0.1, 0.15) is 11.5 Å². The van der Waals surface area contributed by atoms with Crippen LogP contribution in [0.4, 0.5) is 0 Å². The average Bonchev–Trinajstić information content (AvgIpc) is 2.62. The molecule has 0 saturated heterocycles. The summed E-state index contributed by atoms with van der Waals surface area (Å²) in [5, 5.41) is 2.94. The van der Waals surface area contributed by atoms with Gasteiger partial charge in [0.2, 0.25) is 0 Å². The molecule has 4 heteroatoms. The summed E-state index contributed by atoms with van der Waals surface area (Å²) in [5.41, 5.74) is 3.39. The van der Waals surface area contributed by atoms with E-state index in [1.54, 1.807) is 0 Å². The summed E-state index contributed by atoms with van der Waals surface area (Å²) < 4.78 is 11.3. The molecule has 0 aliphatic heterocycles. The van der Waals surface area contributed by atoms with Crippen LogP contribution in [-0.4, -0.2) is 18.6 Å². The Balaban J connectivity index is 1.91. The smallest absolute Gasteiger partial charge is 0.261 e. The standard InChI is InChI=1S/C21H27NO3/c1-5-20(25-19-10-7-15(3)16(4)13-19)21(23)22-14-17-8-11-18(12-9-17)24-6-2/h7-13,20H,5-6,14H2,1-4H3,(H,22,23). The minimum atomic E-state index is -0.496. The lowest BCUT2D eigenvalue weighted by atomic mass is 10.1. The summed E-state index contributed by atoms with van der Waals surface area (Å²) >= 11 is 0. The predicted molar refractivity (Wildman–Crippen MR) is 100 cm³/mol. The molecule has 1 amide bonds. The van der Waals surface area contributed by atoms with Crippen LogP contribution in [-0.2, 0) is 11.3 Å². The number of aryl methyl sites for hydroxylation is 2. The van der Waals surface area contributed by atoms with Crippen LogP contribution in [0.25, 0.3) is 0 Å². The van der Waals surface area contributed by atoms with Crippen molar-refractivity contribution in [2.75, 3.05) is 6.61 Å². The molecule has 25 heavy (non-hydrogen) atoms. The van der Waals surface area contributed by atoms with Gasteiger partial charge in [0.05, 0.1) is 6.61 Å². The minimum Gasteiger partial charge on any atom is -0.494 e. The first-order chi connectivity index (χ1) is 12.0. The molecule has 1 unspecified atom stereocenters. The molecule has 2 aromatic rings. The van der Waals surface area contributed by atoms with Gasteiger partial charge in [-0.15, -0.1) is 0 Å². The van der Waals surface area contributed by atoms with Gasteiger partial charge in [-0.25, -0.2) is 0 Å². The fraction of sp³-hybridized carbons (Fsp3) is 0.381. The molecule has 0 spiro atoms. The van der Waals surface area contributed by atoms with Gasteiger partial charge < -0.3 is 14.8 Å². The highest BCUT2D eigenvalue weighted by Gasteiger charge is 2.18. The van der Waals surface area contributed by atoms with Crippen molar-refractivity contribution in [3.05, 3.63) is 59.2 Å². The monoisotopic (exact) mass is 341 g/mol. The first-order valence-corrected chi connectivity index (χ1v) is 8.76. The van der Waals surface area contributed by atoms with Crippen molar-refractivity contribution in [3.63, 3.8) is 0 Å². The van der Waals surface area contributed by atoms with Crippen molar-refractivity contribution < 1.29 is 14.3 Å². The zero-order chi connectivity index (χ0) is 18.2. The Bertz CT molecular complexity index is 695. The molecule has 0 saturated carbocycles. The molecule has 0 aromatic heterocycles. The molecule has 0 aliphatic rings. The van der Waals surface area contributed by atoms with E-state index in [9.17, 15) is 4.79 Å². The van der Waals surface area contributed by atoms with Gasteiger partial charge in [-0.2, -0.15) is 0 Å². The van der Waals surface area contributed by atoms with Gasteiger partial charge in [-0.1, -0.05) is 25.1 Å². The van der Waals surface area contributed by atoms with Crippen molar-refractivity contribution in [1.29, 1.82) is 0 Å². The largest absolute Gasteiger partial charge is 0.494 e. The first-order valence-electron chi connectivity index (χ1n) is 8.76. The van der Waals surface area contributed by atoms with Crippen LogP contribution in [0.3, 0.4) is 0 Å². The molecular formula is C21H27NO3. The highest BCUT2D eigenvalue weighted by molar-refractivity contribution is 5.81. The van der Waals surface area contributed by atoms with E-state index in [0.717, 1.165) is 22.6 Å². The van der Waals surface area contributed by atoms with Gasteiger partial charge in [0.25, 0.3) is 5.91 Å². The maximum absolute atomic E-state index is 12.4. The molecule has 0 aliphatic carbocycles. The topological polar surface area (TPSA) is 47.6 Å². The Morgan fingerprint density at radius 3 is 2.28 bits per heavy atom. The molecule has 2 aromatic carbocycles. The van der Waals surface area contributed by atoms with Gasteiger partial charge in [-0.3, -0.25) is 4.79 Å². The number of ether oxygens (including phenoxy) is 2. The van der Waals surface area contributed by atoms with Crippen LogP contribution in [0.5, 0.6) is 11.5 Å². The number of amides is 1.